The van der Waals surface area contributed by atoms with Crippen LogP contribution in [0.5, 0.6) is 11.5 Å². The molecule has 2 aromatic carbocycles. The van der Waals surface area contributed by atoms with Crippen molar-refractivity contribution in [2.75, 3.05) is 26.1 Å². The Hall–Kier alpha value is -2.44. The van der Waals surface area contributed by atoms with E-state index >= 15 is 0 Å². The Bertz CT molecular complexity index is 779. The lowest BCUT2D eigenvalue weighted by atomic mass is 10.2. The van der Waals surface area contributed by atoms with Gasteiger partial charge in [-0.05, 0) is 36.4 Å². The lowest BCUT2D eigenvalue weighted by molar-refractivity contribution is -0.115. The number of hydrogen-bond donors (Lipinski definition) is 2. The van der Waals surface area contributed by atoms with Gasteiger partial charge in [-0.15, -0.1) is 0 Å². The van der Waals surface area contributed by atoms with Crippen molar-refractivity contribution in [3.63, 3.8) is 0 Å². The van der Waals surface area contributed by atoms with E-state index in [2.05, 4.69) is 10.6 Å². The average molecular weight is 383 g/mol. The Morgan fingerprint density at radius 2 is 1.72 bits per heavy atom. The van der Waals surface area contributed by atoms with E-state index in [4.69, 9.17) is 32.7 Å². The van der Waals surface area contributed by atoms with E-state index in [9.17, 15) is 9.59 Å². The van der Waals surface area contributed by atoms with Crippen LogP contribution in [0.15, 0.2) is 36.4 Å². The summed E-state index contributed by atoms with van der Waals surface area (Å²) in [5, 5.41) is 5.96. The summed E-state index contributed by atoms with van der Waals surface area (Å²) in [6, 6.07) is 9.56. The van der Waals surface area contributed by atoms with E-state index in [0.29, 0.717) is 22.2 Å². The molecule has 2 rings (SSSR count). The molecule has 0 atom stereocenters. The van der Waals surface area contributed by atoms with E-state index in [1.165, 1.54) is 26.4 Å². The number of hydrogen-bond acceptors (Lipinski definition) is 4. The summed E-state index contributed by atoms with van der Waals surface area (Å²) in [7, 11) is 2.89. The maximum Gasteiger partial charge on any atom is 0.251 e. The highest BCUT2D eigenvalue weighted by Crippen LogP contribution is 2.35. The van der Waals surface area contributed by atoms with Crippen molar-refractivity contribution < 1.29 is 19.1 Å². The zero-order chi connectivity index (χ0) is 18.4. The van der Waals surface area contributed by atoms with Gasteiger partial charge in [0.25, 0.3) is 5.91 Å². The van der Waals surface area contributed by atoms with Crippen molar-refractivity contribution in [2.45, 2.75) is 0 Å². The average Bonchev–Trinajstić information content (AvgIpc) is 2.60. The lowest BCUT2D eigenvalue weighted by Crippen LogP contribution is -2.32. The molecule has 25 heavy (non-hydrogen) atoms. The van der Waals surface area contributed by atoms with Crippen molar-refractivity contribution in [2.24, 2.45) is 0 Å². The van der Waals surface area contributed by atoms with Gasteiger partial charge in [0.2, 0.25) is 5.91 Å². The van der Waals surface area contributed by atoms with Crippen LogP contribution in [0.25, 0.3) is 0 Å². The van der Waals surface area contributed by atoms with Gasteiger partial charge < -0.3 is 20.1 Å². The number of anilines is 1. The van der Waals surface area contributed by atoms with Crippen molar-refractivity contribution >= 4 is 40.7 Å². The molecule has 0 aliphatic heterocycles. The fraction of sp³-hybridized carbons (Fsp3) is 0.176. The highest BCUT2D eigenvalue weighted by Gasteiger charge is 2.15. The van der Waals surface area contributed by atoms with Crippen molar-refractivity contribution in [1.82, 2.24) is 5.32 Å². The quantitative estimate of drug-likeness (QED) is 0.802. The predicted molar refractivity (Wildman–Crippen MR) is 97.0 cm³/mol. The first-order valence-corrected chi connectivity index (χ1v) is 7.95. The first-order valence-electron chi connectivity index (χ1n) is 7.19. The minimum Gasteiger partial charge on any atom is -0.493 e. The number of nitrogens with one attached hydrogen (secondary N) is 2. The van der Waals surface area contributed by atoms with Crippen LogP contribution in [0.1, 0.15) is 10.4 Å². The van der Waals surface area contributed by atoms with Crippen LogP contribution >= 0.6 is 23.2 Å². The normalized spacial score (nSPS) is 10.1. The molecule has 0 unspecified atom stereocenters. The molecule has 0 bridgehead atoms. The molecule has 0 radical (unpaired) electrons. The third kappa shape index (κ3) is 5.01. The topological polar surface area (TPSA) is 76.7 Å². The maximum atomic E-state index is 12.2. The standard InChI is InChI=1S/C17H16Cl2N2O4/c1-24-14-8-10(7-13(19)16(14)25-2)17(23)20-9-15(22)21-12-5-3-11(18)4-6-12/h3-8H,9H2,1-2H3,(H,20,23)(H,21,22). The second-order valence-corrected chi connectivity index (χ2v) is 5.77. The second-order valence-electron chi connectivity index (χ2n) is 4.93. The maximum absolute atomic E-state index is 12.2. The first-order chi connectivity index (χ1) is 11.9. The number of benzene rings is 2. The highest BCUT2D eigenvalue weighted by molar-refractivity contribution is 6.32. The molecule has 6 nitrogen and oxygen atoms in total. The fourth-order valence-corrected chi connectivity index (χ4v) is 2.46. The Kier molecular flexibility index (Phi) is 6.50. The molecule has 0 fully saturated rings. The van der Waals surface area contributed by atoms with Gasteiger partial charge in [-0.1, -0.05) is 23.2 Å². The van der Waals surface area contributed by atoms with E-state index in [1.54, 1.807) is 24.3 Å². The molecule has 2 N–H and O–H groups in total. The van der Waals surface area contributed by atoms with Crippen molar-refractivity contribution in [1.29, 1.82) is 0 Å². The molecule has 0 saturated carbocycles. The monoisotopic (exact) mass is 382 g/mol. The van der Waals surface area contributed by atoms with E-state index < -0.39 is 5.91 Å². The summed E-state index contributed by atoms with van der Waals surface area (Å²) < 4.78 is 10.3. The molecule has 2 aromatic rings. The number of methoxy groups -OCH3 is 2. The molecule has 132 valence electrons. The molecule has 0 heterocycles. The number of rotatable bonds is 6. The lowest BCUT2D eigenvalue weighted by Gasteiger charge is -2.12. The summed E-state index contributed by atoms with van der Waals surface area (Å²) in [5.74, 6) is -0.177. The van der Waals surface area contributed by atoms with Crippen LogP contribution in [0, 0.1) is 0 Å². The van der Waals surface area contributed by atoms with Crippen molar-refractivity contribution in [3.05, 3.63) is 52.0 Å². The molecule has 0 aliphatic rings. The zero-order valence-electron chi connectivity index (χ0n) is 13.6. The Labute approximate surface area is 155 Å². The molecule has 0 spiro atoms. The van der Waals surface area contributed by atoms with Gasteiger partial charge in [-0.25, -0.2) is 0 Å². The Morgan fingerprint density at radius 1 is 1.04 bits per heavy atom. The second kappa shape index (κ2) is 8.60. The summed E-state index contributed by atoms with van der Waals surface area (Å²) in [6.45, 7) is -0.201. The van der Waals surface area contributed by atoms with Gasteiger partial charge in [0, 0.05) is 16.3 Å². The molecule has 2 amide bonds. The summed E-state index contributed by atoms with van der Waals surface area (Å²) in [6.07, 6.45) is 0. The predicted octanol–water partition coefficient (Wildman–Crippen LogP) is 3.38. The summed E-state index contributed by atoms with van der Waals surface area (Å²) >= 11 is 11.8. The molecule has 8 heteroatoms. The van der Waals surface area contributed by atoms with E-state index in [-0.39, 0.29) is 23.0 Å². The van der Waals surface area contributed by atoms with Crippen LogP contribution in [0.3, 0.4) is 0 Å². The number of carbonyl (C=O) groups is 2. The molecule has 0 aliphatic carbocycles. The van der Waals surface area contributed by atoms with Crippen LogP contribution in [0.4, 0.5) is 5.69 Å². The van der Waals surface area contributed by atoms with E-state index in [1.807, 2.05) is 0 Å². The molecular formula is C17H16Cl2N2O4. The van der Waals surface area contributed by atoms with Crippen LogP contribution < -0.4 is 20.1 Å². The van der Waals surface area contributed by atoms with Gasteiger partial charge >= 0.3 is 0 Å². The van der Waals surface area contributed by atoms with Gasteiger partial charge in [0.05, 0.1) is 25.8 Å². The smallest absolute Gasteiger partial charge is 0.251 e. The SMILES string of the molecule is COc1cc(C(=O)NCC(=O)Nc2ccc(Cl)cc2)cc(Cl)c1OC. The Morgan fingerprint density at radius 3 is 2.32 bits per heavy atom. The molecule has 0 saturated heterocycles. The molecule has 0 aromatic heterocycles. The Balaban J connectivity index is 1.99. The number of amides is 2. The third-order valence-corrected chi connectivity index (χ3v) is 3.77. The zero-order valence-corrected chi connectivity index (χ0v) is 15.1. The van der Waals surface area contributed by atoms with Crippen LogP contribution in [-0.2, 0) is 4.79 Å². The van der Waals surface area contributed by atoms with Gasteiger partial charge in [0.1, 0.15) is 0 Å². The van der Waals surface area contributed by atoms with Crippen LogP contribution in [-0.4, -0.2) is 32.6 Å². The fourth-order valence-electron chi connectivity index (χ4n) is 2.05. The van der Waals surface area contributed by atoms with E-state index in [0.717, 1.165) is 0 Å². The minimum absolute atomic E-state index is 0.201. The summed E-state index contributed by atoms with van der Waals surface area (Å²) in [4.78, 5) is 24.1. The molecular weight excluding hydrogens is 367 g/mol. The summed E-state index contributed by atoms with van der Waals surface area (Å²) in [5.41, 5.74) is 0.833. The first kappa shape index (κ1) is 18.9. The van der Waals surface area contributed by atoms with Gasteiger partial charge in [0.15, 0.2) is 11.5 Å². The highest BCUT2D eigenvalue weighted by atomic mass is 35.5. The number of carbonyl (C=O) groups excluding carboxylic acids is 2. The third-order valence-electron chi connectivity index (χ3n) is 3.23. The van der Waals surface area contributed by atoms with Crippen molar-refractivity contribution in [3.8, 4) is 11.5 Å². The van der Waals surface area contributed by atoms with Crippen LogP contribution in [0.2, 0.25) is 10.0 Å². The largest absolute Gasteiger partial charge is 0.493 e. The number of ether oxygens (including phenoxy) is 2. The minimum atomic E-state index is -0.464. The van der Waals surface area contributed by atoms with Gasteiger partial charge in [-0.3, -0.25) is 9.59 Å². The van der Waals surface area contributed by atoms with Gasteiger partial charge in [-0.2, -0.15) is 0 Å². The number of halogens is 2.